The third kappa shape index (κ3) is 5.03. The Morgan fingerprint density at radius 1 is 1.14 bits per heavy atom. The summed E-state index contributed by atoms with van der Waals surface area (Å²) in [4.78, 5) is 23.5. The minimum absolute atomic E-state index is 0. The van der Waals surface area contributed by atoms with Crippen LogP contribution in [0.2, 0.25) is 0 Å². The van der Waals surface area contributed by atoms with E-state index in [-0.39, 0.29) is 7.43 Å². The predicted molar refractivity (Wildman–Crippen MR) is 118 cm³/mol. The van der Waals surface area contributed by atoms with E-state index in [1.807, 2.05) is 24.3 Å². The summed E-state index contributed by atoms with van der Waals surface area (Å²) < 4.78 is 0. The van der Waals surface area contributed by atoms with Crippen LogP contribution in [0.4, 0.5) is 5.69 Å². The first-order chi connectivity index (χ1) is 13.6. The third-order valence-electron chi connectivity index (χ3n) is 5.15. The van der Waals surface area contributed by atoms with Gasteiger partial charge in [-0.2, -0.15) is 0 Å². The van der Waals surface area contributed by atoms with Gasteiger partial charge < -0.3 is 19.9 Å². The Labute approximate surface area is 171 Å². The number of fused-ring (bicyclic) bond motifs is 1. The molecule has 6 nitrogen and oxygen atoms in total. The average Bonchev–Trinajstić information content (AvgIpc) is 3.09. The maximum absolute atomic E-state index is 10.6. The normalized spacial score (nSPS) is 15.0. The number of hydrogen-bond acceptors (Lipinski definition) is 4. The van der Waals surface area contributed by atoms with E-state index >= 15 is 0 Å². The third-order valence-corrected chi connectivity index (χ3v) is 5.15. The fraction of sp³-hybridized carbons (Fsp3) is 0.304. The number of hydrogen-bond donors (Lipinski definition) is 2. The van der Waals surface area contributed by atoms with Gasteiger partial charge in [-0.05, 0) is 42.4 Å². The lowest BCUT2D eigenvalue weighted by Crippen LogP contribution is -2.44. The molecule has 2 aromatic carbocycles. The maximum Gasteiger partial charge on any atom is 0.328 e. The highest BCUT2D eigenvalue weighted by Gasteiger charge is 2.15. The molecule has 0 atom stereocenters. The molecule has 152 valence electrons. The van der Waals surface area contributed by atoms with Gasteiger partial charge in [0.1, 0.15) is 5.82 Å². The summed E-state index contributed by atoms with van der Waals surface area (Å²) >= 11 is 0. The standard InChI is InChI=1S/C22H24N4O2.CH4/c1-25-10-12-26(13-11-25)18-7-8-19-20(15-18)24-21(23-19)14-17-4-2-16(3-5-17)6-9-22(27)28;/h2-9,15H,10-14H2,1H3,(H,23,24)(H,27,28);1H4/b9-6+;. The van der Waals surface area contributed by atoms with Crippen LogP contribution < -0.4 is 4.90 Å². The molecule has 6 heteroatoms. The second kappa shape index (κ2) is 8.92. The number of carboxylic acid groups (broad SMARTS) is 1. The van der Waals surface area contributed by atoms with E-state index in [0.717, 1.165) is 60.2 Å². The van der Waals surface area contributed by atoms with Gasteiger partial charge in [0, 0.05) is 44.4 Å². The molecule has 0 unspecified atom stereocenters. The van der Waals surface area contributed by atoms with E-state index in [1.165, 1.54) is 5.69 Å². The average molecular weight is 393 g/mol. The van der Waals surface area contributed by atoms with Gasteiger partial charge in [-0.1, -0.05) is 31.7 Å². The lowest BCUT2D eigenvalue weighted by Gasteiger charge is -2.34. The number of anilines is 1. The summed E-state index contributed by atoms with van der Waals surface area (Å²) in [7, 11) is 2.16. The predicted octanol–water partition coefficient (Wildman–Crippen LogP) is 3.64. The highest BCUT2D eigenvalue weighted by atomic mass is 16.4. The number of rotatable bonds is 5. The van der Waals surface area contributed by atoms with Crippen LogP contribution in [0.3, 0.4) is 0 Å². The second-order valence-corrected chi connectivity index (χ2v) is 7.27. The SMILES string of the molecule is C.CN1CCN(c2ccc3nc(Cc4ccc(/C=C/C(=O)O)cc4)[nH]c3c2)CC1. The van der Waals surface area contributed by atoms with Crippen molar-refractivity contribution in [3.63, 3.8) is 0 Å². The highest BCUT2D eigenvalue weighted by Crippen LogP contribution is 2.22. The summed E-state index contributed by atoms with van der Waals surface area (Å²) in [5.41, 5.74) is 5.28. The van der Waals surface area contributed by atoms with Gasteiger partial charge in [0.05, 0.1) is 11.0 Å². The van der Waals surface area contributed by atoms with Gasteiger partial charge in [-0.25, -0.2) is 9.78 Å². The van der Waals surface area contributed by atoms with Gasteiger partial charge in [-0.3, -0.25) is 0 Å². The van der Waals surface area contributed by atoms with Gasteiger partial charge in [-0.15, -0.1) is 0 Å². The van der Waals surface area contributed by atoms with E-state index < -0.39 is 5.97 Å². The molecular weight excluding hydrogens is 364 g/mol. The first kappa shape index (κ1) is 20.6. The molecule has 1 aliphatic heterocycles. The molecule has 2 heterocycles. The minimum atomic E-state index is -0.942. The van der Waals surface area contributed by atoms with Gasteiger partial charge in [0.15, 0.2) is 0 Å². The summed E-state index contributed by atoms with van der Waals surface area (Å²) in [5.74, 6) is -0.0124. The van der Waals surface area contributed by atoms with E-state index in [4.69, 9.17) is 10.1 Å². The van der Waals surface area contributed by atoms with Crippen molar-refractivity contribution in [2.75, 3.05) is 38.1 Å². The number of aliphatic carboxylic acids is 1. The van der Waals surface area contributed by atoms with E-state index in [0.29, 0.717) is 6.42 Å². The quantitative estimate of drug-likeness (QED) is 0.649. The molecule has 0 aliphatic carbocycles. The second-order valence-electron chi connectivity index (χ2n) is 7.27. The van der Waals surface area contributed by atoms with Crippen molar-refractivity contribution < 1.29 is 9.90 Å². The molecule has 1 aromatic heterocycles. The number of benzene rings is 2. The highest BCUT2D eigenvalue weighted by molar-refractivity contribution is 5.85. The smallest absolute Gasteiger partial charge is 0.328 e. The zero-order valence-corrected chi connectivity index (χ0v) is 15.9. The van der Waals surface area contributed by atoms with Crippen LogP contribution in [-0.2, 0) is 11.2 Å². The van der Waals surface area contributed by atoms with Crippen LogP contribution in [0.1, 0.15) is 24.4 Å². The van der Waals surface area contributed by atoms with Crippen LogP contribution in [-0.4, -0.2) is 59.2 Å². The van der Waals surface area contributed by atoms with Gasteiger partial charge in [0.2, 0.25) is 0 Å². The maximum atomic E-state index is 10.6. The van der Waals surface area contributed by atoms with Crippen LogP contribution in [0.5, 0.6) is 0 Å². The van der Waals surface area contributed by atoms with Crippen LogP contribution >= 0.6 is 0 Å². The number of likely N-dealkylation sites (N-methyl/N-ethyl adjacent to an activating group) is 1. The number of aromatic nitrogens is 2. The summed E-state index contributed by atoms with van der Waals surface area (Å²) in [6, 6.07) is 14.3. The number of aromatic amines is 1. The van der Waals surface area contributed by atoms with Crippen LogP contribution in [0, 0.1) is 0 Å². The lowest BCUT2D eigenvalue weighted by molar-refractivity contribution is -0.131. The molecular formula is C23H28N4O2. The lowest BCUT2D eigenvalue weighted by atomic mass is 10.1. The Morgan fingerprint density at radius 2 is 1.86 bits per heavy atom. The number of carboxylic acids is 1. The largest absolute Gasteiger partial charge is 0.478 e. The Balaban J connectivity index is 0.00000240. The Bertz CT molecular complexity index is 999. The Morgan fingerprint density at radius 3 is 2.55 bits per heavy atom. The fourth-order valence-electron chi connectivity index (χ4n) is 3.50. The molecule has 0 saturated carbocycles. The number of nitrogens with zero attached hydrogens (tertiary/aromatic N) is 3. The summed E-state index contributed by atoms with van der Waals surface area (Å²) in [5, 5.41) is 8.70. The van der Waals surface area contributed by atoms with Crippen molar-refractivity contribution >= 4 is 28.8 Å². The van der Waals surface area contributed by atoms with Gasteiger partial charge >= 0.3 is 5.97 Å². The molecule has 0 radical (unpaired) electrons. The van der Waals surface area contributed by atoms with Gasteiger partial charge in [0.25, 0.3) is 0 Å². The molecule has 0 spiro atoms. The topological polar surface area (TPSA) is 72.5 Å². The first-order valence-electron chi connectivity index (χ1n) is 9.49. The molecule has 1 fully saturated rings. The van der Waals surface area contributed by atoms with Crippen molar-refractivity contribution in [1.82, 2.24) is 14.9 Å². The monoisotopic (exact) mass is 392 g/mol. The molecule has 2 N–H and O–H groups in total. The summed E-state index contributed by atoms with van der Waals surface area (Å²) in [6.07, 6.45) is 3.45. The number of carbonyl (C=O) groups is 1. The number of imidazole rings is 1. The van der Waals surface area contributed by atoms with Crippen LogP contribution in [0.25, 0.3) is 17.1 Å². The van der Waals surface area contributed by atoms with Crippen molar-refractivity contribution in [2.24, 2.45) is 0 Å². The van der Waals surface area contributed by atoms with E-state index in [9.17, 15) is 4.79 Å². The summed E-state index contributed by atoms with van der Waals surface area (Å²) in [6.45, 7) is 4.27. The first-order valence-corrected chi connectivity index (χ1v) is 9.49. The molecule has 0 bridgehead atoms. The zero-order valence-electron chi connectivity index (χ0n) is 15.9. The van der Waals surface area contributed by atoms with Crippen molar-refractivity contribution in [1.29, 1.82) is 0 Å². The van der Waals surface area contributed by atoms with Crippen molar-refractivity contribution in [3.05, 3.63) is 65.5 Å². The Kier molecular flexibility index (Phi) is 6.34. The zero-order chi connectivity index (χ0) is 19.5. The molecule has 4 rings (SSSR count). The number of piperazine rings is 1. The van der Waals surface area contributed by atoms with Crippen molar-refractivity contribution in [2.45, 2.75) is 13.8 Å². The number of nitrogens with one attached hydrogen (secondary N) is 1. The molecule has 1 aliphatic rings. The Hall–Kier alpha value is -3.12. The molecule has 29 heavy (non-hydrogen) atoms. The van der Waals surface area contributed by atoms with E-state index in [1.54, 1.807) is 6.08 Å². The molecule has 3 aromatic rings. The fourth-order valence-corrected chi connectivity index (χ4v) is 3.50. The van der Waals surface area contributed by atoms with Crippen molar-refractivity contribution in [3.8, 4) is 0 Å². The molecule has 1 saturated heterocycles. The molecule has 0 amide bonds. The van der Waals surface area contributed by atoms with E-state index in [2.05, 4.69) is 40.0 Å². The van der Waals surface area contributed by atoms with Crippen LogP contribution in [0.15, 0.2) is 48.5 Å². The minimum Gasteiger partial charge on any atom is -0.478 e. The number of H-pyrrole nitrogens is 1.